The zero-order chi connectivity index (χ0) is 29.2. The molecule has 6 rings (SSSR count). The first-order valence-corrected chi connectivity index (χ1v) is 12.9. The van der Waals surface area contributed by atoms with Crippen LogP contribution in [0.4, 0.5) is 0 Å². The fraction of sp³-hybridized carbons (Fsp3) is 0.194. The van der Waals surface area contributed by atoms with Crippen LogP contribution in [0.15, 0.2) is 88.6 Å². The highest BCUT2D eigenvalue weighted by atomic mass is 16.5. The molecule has 212 valence electrons. The summed E-state index contributed by atoms with van der Waals surface area (Å²) in [4.78, 5) is 20.1. The Morgan fingerprint density at radius 2 is 1.27 bits per heavy atom. The molecule has 0 saturated carbocycles. The van der Waals surface area contributed by atoms with E-state index in [0.29, 0.717) is 0 Å². The van der Waals surface area contributed by atoms with Crippen molar-refractivity contribution in [3.8, 4) is 40.1 Å². The molecule has 2 aromatic carbocycles. The second-order valence-electron chi connectivity index (χ2n) is 9.18. The van der Waals surface area contributed by atoms with Crippen molar-refractivity contribution in [3.05, 3.63) is 101 Å². The molecule has 0 amide bonds. The summed E-state index contributed by atoms with van der Waals surface area (Å²) < 4.78 is 10.3. The summed E-state index contributed by atoms with van der Waals surface area (Å²) in [6, 6.07) is 13.9. The van der Waals surface area contributed by atoms with Gasteiger partial charge in [-0.15, -0.1) is 0 Å². The van der Waals surface area contributed by atoms with E-state index in [1.165, 1.54) is 30.0 Å². The molecule has 3 aromatic heterocycles. The van der Waals surface area contributed by atoms with Crippen molar-refractivity contribution in [2.24, 2.45) is 0 Å². The lowest BCUT2D eigenvalue weighted by molar-refractivity contribution is 0.198. The average Bonchev–Trinajstić information content (AvgIpc) is 3.57. The molecule has 5 N–H and O–H groups in total. The summed E-state index contributed by atoms with van der Waals surface area (Å²) in [7, 11) is 0. The summed E-state index contributed by atoms with van der Waals surface area (Å²) in [6.07, 6.45) is 12.0. The maximum absolute atomic E-state index is 12.1. The van der Waals surface area contributed by atoms with Crippen molar-refractivity contribution in [1.82, 2.24) is 9.97 Å². The van der Waals surface area contributed by atoms with Crippen molar-refractivity contribution in [1.29, 1.82) is 0 Å². The number of nitrogens with zero attached hydrogens (tertiary/aromatic N) is 2. The number of ether oxygens (including phenoxy) is 1. The Hall–Kier alpha value is -5.09. The first-order valence-electron chi connectivity index (χ1n) is 12.9. The third-order valence-corrected chi connectivity index (χ3v) is 6.20. The fourth-order valence-corrected chi connectivity index (χ4v) is 4.03. The van der Waals surface area contributed by atoms with Gasteiger partial charge in [-0.3, -0.25) is 14.8 Å². The number of phenolic OH excluding ortho intramolecular Hbond substituents is 4. The molecule has 41 heavy (non-hydrogen) atoms. The average molecular weight is 559 g/mol. The summed E-state index contributed by atoms with van der Waals surface area (Å²) >= 11 is 0. The summed E-state index contributed by atoms with van der Waals surface area (Å²) in [5.74, 6) is -2.71. The summed E-state index contributed by atoms with van der Waals surface area (Å²) in [5, 5.41) is 47.6. The Balaban J connectivity index is 0.000000172. The van der Waals surface area contributed by atoms with E-state index in [2.05, 4.69) is 34.2 Å². The summed E-state index contributed by atoms with van der Waals surface area (Å²) in [6.45, 7) is 2.00. The first-order chi connectivity index (χ1) is 19.8. The molecule has 4 heterocycles. The molecule has 10 nitrogen and oxygen atoms in total. The lowest BCUT2D eigenvalue weighted by atomic mass is 10.1. The predicted molar refractivity (Wildman–Crippen MR) is 152 cm³/mol. The molecule has 0 spiro atoms. The molecule has 1 aliphatic rings. The van der Waals surface area contributed by atoms with Crippen LogP contribution in [0.2, 0.25) is 0 Å². The number of pyridine rings is 2. The molecule has 5 aromatic rings. The standard InChI is InChI=1S/C15H10O7.C12H12N2.C4H8O/c16-7-4-10(19)12-11(5-7)22-15(14(21)13(12)20)6-1-2-8(17)9(18)3-6;1(11-3-7-13-8-4-11)2-12-5-9-14-10-6-12;1-2-4-5-3-1/h1-5,16-19,21H;3-10H,1-2H2;1-4H2. The highest BCUT2D eigenvalue weighted by Crippen LogP contribution is 2.37. The van der Waals surface area contributed by atoms with Crippen LogP contribution >= 0.6 is 0 Å². The molecule has 0 atom stereocenters. The zero-order valence-electron chi connectivity index (χ0n) is 22.1. The third-order valence-electron chi connectivity index (χ3n) is 6.20. The van der Waals surface area contributed by atoms with Crippen LogP contribution in [-0.4, -0.2) is 48.7 Å². The van der Waals surface area contributed by atoms with Gasteiger partial charge in [-0.2, -0.15) is 0 Å². The van der Waals surface area contributed by atoms with Crippen LogP contribution in [0.3, 0.4) is 0 Å². The molecular weight excluding hydrogens is 528 g/mol. The minimum atomic E-state index is -0.888. The molecule has 10 heteroatoms. The number of fused-ring (bicyclic) bond motifs is 1. The monoisotopic (exact) mass is 558 g/mol. The van der Waals surface area contributed by atoms with E-state index in [9.17, 15) is 30.3 Å². The topological polar surface area (TPSA) is 166 Å². The van der Waals surface area contributed by atoms with Crippen molar-refractivity contribution >= 4 is 11.0 Å². The third kappa shape index (κ3) is 7.74. The number of hydrogen-bond donors (Lipinski definition) is 5. The number of aromatic nitrogens is 2. The summed E-state index contributed by atoms with van der Waals surface area (Å²) in [5.41, 5.74) is 1.77. The molecule has 0 aliphatic carbocycles. The molecule has 0 radical (unpaired) electrons. The normalized spacial score (nSPS) is 12.2. The maximum atomic E-state index is 12.1. The van der Waals surface area contributed by atoms with Gasteiger partial charge in [0.1, 0.15) is 22.5 Å². The van der Waals surface area contributed by atoms with E-state index < -0.39 is 22.7 Å². The van der Waals surface area contributed by atoms with Crippen molar-refractivity contribution < 1.29 is 34.7 Å². The SMILES string of the molecule is C1CCOC1.O=c1c(O)c(-c2ccc(O)c(O)c2)oc2cc(O)cc(O)c12.c1cc(CCc2ccncc2)ccn1. The lowest BCUT2D eigenvalue weighted by Gasteiger charge is -2.08. The van der Waals surface area contributed by atoms with Gasteiger partial charge in [-0.05, 0) is 79.3 Å². The van der Waals surface area contributed by atoms with Crippen molar-refractivity contribution in [2.45, 2.75) is 25.7 Å². The fourth-order valence-electron chi connectivity index (χ4n) is 4.03. The van der Waals surface area contributed by atoms with Crippen LogP contribution in [0, 0.1) is 0 Å². The number of phenols is 4. The highest BCUT2D eigenvalue weighted by Gasteiger charge is 2.19. The van der Waals surface area contributed by atoms with Gasteiger partial charge in [-0.1, -0.05) is 0 Å². The first kappa shape index (κ1) is 28.9. The number of aromatic hydroxyl groups is 5. The molecule has 1 fully saturated rings. The van der Waals surface area contributed by atoms with E-state index >= 15 is 0 Å². The van der Waals surface area contributed by atoms with E-state index in [4.69, 9.17) is 9.15 Å². The van der Waals surface area contributed by atoms with Gasteiger partial charge in [0, 0.05) is 55.7 Å². The van der Waals surface area contributed by atoms with Gasteiger partial charge in [0.05, 0.1) is 0 Å². The van der Waals surface area contributed by atoms with E-state index in [1.54, 1.807) is 0 Å². The van der Waals surface area contributed by atoms with Crippen molar-refractivity contribution in [2.75, 3.05) is 13.2 Å². The minimum Gasteiger partial charge on any atom is -0.508 e. The number of benzene rings is 2. The molecule has 0 unspecified atom stereocenters. The highest BCUT2D eigenvalue weighted by molar-refractivity contribution is 5.88. The van der Waals surface area contributed by atoms with Crippen LogP contribution < -0.4 is 5.43 Å². The predicted octanol–water partition coefficient (Wildman–Crippen LogP) is 5.05. The maximum Gasteiger partial charge on any atom is 0.238 e. The van der Waals surface area contributed by atoms with E-state index in [-0.39, 0.29) is 33.8 Å². The molecule has 1 aliphatic heterocycles. The Morgan fingerprint density at radius 3 is 1.78 bits per heavy atom. The molecule has 1 saturated heterocycles. The van der Waals surface area contributed by atoms with Gasteiger partial charge in [0.2, 0.25) is 11.2 Å². The second-order valence-corrected chi connectivity index (χ2v) is 9.18. The zero-order valence-corrected chi connectivity index (χ0v) is 22.1. The van der Waals surface area contributed by atoms with Crippen LogP contribution in [0.25, 0.3) is 22.3 Å². The molecular formula is C31H30N2O8. The van der Waals surface area contributed by atoms with Crippen molar-refractivity contribution in [3.63, 3.8) is 0 Å². The van der Waals surface area contributed by atoms with Gasteiger partial charge < -0.3 is 34.7 Å². The number of hydrogen-bond acceptors (Lipinski definition) is 10. The van der Waals surface area contributed by atoms with Gasteiger partial charge in [0.15, 0.2) is 17.3 Å². The van der Waals surface area contributed by atoms with E-state index in [0.717, 1.165) is 50.3 Å². The molecule has 0 bridgehead atoms. The Bertz CT molecular complexity index is 1590. The van der Waals surface area contributed by atoms with Gasteiger partial charge >= 0.3 is 0 Å². The van der Waals surface area contributed by atoms with Gasteiger partial charge in [0.25, 0.3) is 0 Å². The quantitative estimate of drug-likeness (QED) is 0.188. The number of aryl methyl sites for hydroxylation is 2. The smallest absolute Gasteiger partial charge is 0.238 e. The number of rotatable bonds is 4. The van der Waals surface area contributed by atoms with Crippen LogP contribution in [0.5, 0.6) is 28.7 Å². The van der Waals surface area contributed by atoms with Gasteiger partial charge in [-0.25, -0.2) is 0 Å². The Labute approximate surface area is 235 Å². The van der Waals surface area contributed by atoms with Crippen LogP contribution in [0.1, 0.15) is 24.0 Å². The minimum absolute atomic E-state index is 0.134. The largest absolute Gasteiger partial charge is 0.508 e. The Morgan fingerprint density at radius 1 is 0.683 bits per heavy atom. The van der Waals surface area contributed by atoms with E-state index in [1.807, 2.05) is 24.8 Å². The Kier molecular flexibility index (Phi) is 9.74. The lowest BCUT2D eigenvalue weighted by Crippen LogP contribution is -2.02. The van der Waals surface area contributed by atoms with Crippen LogP contribution in [-0.2, 0) is 17.6 Å². The second kappa shape index (κ2) is 13.8.